The number of aromatic nitrogens is 1. The zero-order valence-corrected chi connectivity index (χ0v) is 9.17. The summed E-state index contributed by atoms with van der Waals surface area (Å²) in [6.07, 6.45) is -3.97. The summed E-state index contributed by atoms with van der Waals surface area (Å²) in [4.78, 5) is 14.8. The lowest BCUT2D eigenvalue weighted by Gasteiger charge is -2.10. The van der Waals surface area contributed by atoms with Gasteiger partial charge in [0.25, 0.3) is 0 Å². The van der Waals surface area contributed by atoms with Crippen LogP contribution in [0.2, 0.25) is 0 Å². The fourth-order valence-electron chi connectivity index (χ4n) is 1.12. The number of esters is 1. The molecule has 0 amide bonds. The van der Waals surface area contributed by atoms with Gasteiger partial charge in [-0.1, -0.05) is 0 Å². The number of rotatable bonds is 3. The van der Waals surface area contributed by atoms with Crippen molar-refractivity contribution >= 4 is 5.97 Å². The van der Waals surface area contributed by atoms with Crippen LogP contribution in [-0.2, 0) is 10.9 Å². The molecule has 0 radical (unpaired) electrons. The predicted octanol–water partition coefficient (Wildman–Crippen LogP) is 2.29. The number of carbonyl (C=O) groups is 1. The summed E-state index contributed by atoms with van der Waals surface area (Å²) < 4.78 is 46.6. The Morgan fingerprint density at radius 1 is 1.47 bits per heavy atom. The van der Waals surface area contributed by atoms with E-state index < -0.39 is 17.7 Å². The Hall–Kier alpha value is -1.79. The number of pyridine rings is 1. The van der Waals surface area contributed by atoms with Gasteiger partial charge in [0.2, 0.25) is 5.88 Å². The van der Waals surface area contributed by atoms with Gasteiger partial charge in [0.05, 0.1) is 19.3 Å². The summed E-state index contributed by atoms with van der Waals surface area (Å²) in [6.45, 7) is 1.60. The molecular weight excluding hydrogens is 239 g/mol. The number of halogens is 3. The lowest BCUT2D eigenvalue weighted by Crippen LogP contribution is -2.12. The molecule has 0 spiro atoms. The highest BCUT2D eigenvalue weighted by Gasteiger charge is 2.33. The number of alkyl halides is 3. The third kappa shape index (κ3) is 3.08. The third-order valence-corrected chi connectivity index (χ3v) is 1.87. The Bertz CT molecular complexity index is 418. The lowest BCUT2D eigenvalue weighted by molar-refractivity contribution is -0.137. The van der Waals surface area contributed by atoms with Crippen LogP contribution in [0.4, 0.5) is 13.2 Å². The summed E-state index contributed by atoms with van der Waals surface area (Å²) in [5, 5.41) is 0. The van der Waals surface area contributed by atoms with Crippen molar-refractivity contribution < 1.29 is 27.4 Å². The molecular formula is C10H10F3NO3. The van der Waals surface area contributed by atoms with Crippen molar-refractivity contribution in [3.8, 4) is 5.88 Å². The lowest BCUT2D eigenvalue weighted by atomic mass is 10.2. The molecule has 0 saturated heterocycles. The molecule has 0 aromatic carbocycles. The largest absolute Gasteiger partial charge is 0.480 e. The van der Waals surface area contributed by atoms with Gasteiger partial charge in [0.15, 0.2) is 0 Å². The number of ether oxygens (including phenoxy) is 2. The average Bonchev–Trinajstić information content (AvgIpc) is 2.27. The van der Waals surface area contributed by atoms with Crippen molar-refractivity contribution in [1.82, 2.24) is 4.98 Å². The molecule has 1 aromatic heterocycles. The van der Waals surface area contributed by atoms with E-state index >= 15 is 0 Å². The molecule has 1 heterocycles. The van der Waals surface area contributed by atoms with E-state index in [4.69, 9.17) is 4.74 Å². The van der Waals surface area contributed by atoms with Gasteiger partial charge in [-0.3, -0.25) is 0 Å². The first-order valence-electron chi connectivity index (χ1n) is 4.68. The summed E-state index contributed by atoms with van der Waals surface area (Å²) in [5.41, 5.74) is -1.37. The van der Waals surface area contributed by atoms with Crippen molar-refractivity contribution in [2.45, 2.75) is 13.1 Å². The zero-order valence-electron chi connectivity index (χ0n) is 9.17. The molecule has 0 aliphatic carbocycles. The second kappa shape index (κ2) is 5.03. The number of methoxy groups -OCH3 is 1. The zero-order chi connectivity index (χ0) is 13.1. The maximum atomic E-state index is 12.4. The molecule has 0 atom stereocenters. The van der Waals surface area contributed by atoms with Crippen molar-refractivity contribution in [3.63, 3.8) is 0 Å². The highest BCUT2D eigenvalue weighted by atomic mass is 19.4. The van der Waals surface area contributed by atoms with Crippen LogP contribution in [-0.4, -0.2) is 24.7 Å². The van der Waals surface area contributed by atoms with Gasteiger partial charge >= 0.3 is 12.1 Å². The van der Waals surface area contributed by atoms with Gasteiger partial charge in [-0.2, -0.15) is 13.2 Å². The predicted molar refractivity (Wildman–Crippen MR) is 51.7 cm³/mol. The molecule has 4 nitrogen and oxygen atoms in total. The van der Waals surface area contributed by atoms with E-state index in [0.717, 1.165) is 0 Å². The molecule has 0 saturated carbocycles. The Morgan fingerprint density at radius 3 is 2.59 bits per heavy atom. The first-order valence-corrected chi connectivity index (χ1v) is 4.68. The molecule has 0 N–H and O–H groups in total. The maximum Gasteiger partial charge on any atom is 0.417 e. The van der Waals surface area contributed by atoms with Crippen molar-refractivity contribution in [2.75, 3.05) is 13.7 Å². The van der Waals surface area contributed by atoms with Gasteiger partial charge in [0, 0.05) is 6.20 Å². The smallest absolute Gasteiger partial charge is 0.417 e. The maximum absolute atomic E-state index is 12.4. The second-order valence-corrected chi connectivity index (χ2v) is 3.00. The van der Waals surface area contributed by atoms with Crippen molar-refractivity contribution in [2.24, 2.45) is 0 Å². The minimum Gasteiger partial charge on any atom is -0.480 e. The quantitative estimate of drug-likeness (QED) is 0.771. The molecule has 0 aliphatic rings. The molecule has 94 valence electrons. The Kier molecular flexibility index (Phi) is 3.93. The first kappa shape index (κ1) is 13.3. The standard InChI is InChI=1S/C10H10F3NO3/c1-3-17-9(15)7-4-6(10(11,12)13)5-14-8(7)16-2/h4-5H,3H2,1-2H3. The van der Waals surface area contributed by atoms with E-state index in [9.17, 15) is 18.0 Å². The summed E-state index contributed by atoms with van der Waals surface area (Å²) in [6, 6.07) is 0.657. The fourth-order valence-corrected chi connectivity index (χ4v) is 1.12. The average molecular weight is 249 g/mol. The monoisotopic (exact) mass is 249 g/mol. The van der Waals surface area contributed by atoms with E-state index in [1.54, 1.807) is 6.92 Å². The summed E-state index contributed by atoms with van der Waals surface area (Å²) in [5.74, 6) is -1.10. The molecule has 1 rings (SSSR count). The molecule has 7 heteroatoms. The van der Waals surface area contributed by atoms with Gasteiger partial charge in [-0.05, 0) is 13.0 Å². The minimum atomic E-state index is -4.57. The second-order valence-electron chi connectivity index (χ2n) is 3.00. The van der Waals surface area contributed by atoms with Crippen LogP contribution >= 0.6 is 0 Å². The SMILES string of the molecule is CCOC(=O)c1cc(C(F)(F)F)cnc1OC. The highest BCUT2D eigenvalue weighted by molar-refractivity contribution is 5.92. The van der Waals surface area contributed by atoms with Crippen molar-refractivity contribution in [1.29, 1.82) is 0 Å². The van der Waals surface area contributed by atoms with Crippen LogP contribution in [0.5, 0.6) is 5.88 Å². The van der Waals surface area contributed by atoms with Crippen LogP contribution in [0.3, 0.4) is 0 Å². The normalized spacial score (nSPS) is 11.1. The molecule has 1 aromatic rings. The van der Waals surface area contributed by atoms with E-state index in [1.165, 1.54) is 7.11 Å². The van der Waals surface area contributed by atoms with Gasteiger partial charge < -0.3 is 9.47 Å². The van der Waals surface area contributed by atoms with E-state index in [0.29, 0.717) is 12.3 Å². The number of nitrogens with zero attached hydrogens (tertiary/aromatic N) is 1. The third-order valence-electron chi connectivity index (χ3n) is 1.87. The Morgan fingerprint density at radius 2 is 2.12 bits per heavy atom. The van der Waals surface area contributed by atoms with E-state index in [-0.39, 0.29) is 18.1 Å². The Balaban J connectivity index is 3.20. The molecule has 0 unspecified atom stereocenters. The van der Waals surface area contributed by atoms with Crippen LogP contribution in [0.25, 0.3) is 0 Å². The fraction of sp³-hybridized carbons (Fsp3) is 0.400. The summed E-state index contributed by atoms with van der Waals surface area (Å²) >= 11 is 0. The topological polar surface area (TPSA) is 48.4 Å². The number of hydrogen-bond acceptors (Lipinski definition) is 4. The first-order chi connectivity index (χ1) is 7.90. The minimum absolute atomic E-state index is 0.0538. The van der Waals surface area contributed by atoms with E-state index in [2.05, 4.69) is 9.72 Å². The van der Waals surface area contributed by atoms with Crippen LogP contribution < -0.4 is 4.74 Å². The van der Waals surface area contributed by atoms with Gasteiger partial charge in [0.1, 0.15) is 5.56 Å². The van der Waals surface area contributed by atoms with E-state index in [1.807, 2.05) is 0 Å². The Labute approximate surface area is 95.4 Å². The van der Waals surface area contributed by atoms with Crippen LogP contribution in [0.15, 0.2) is 12.3 Å². The van der Waals surface area contributed by atoms with Crippen LogP contribution in [0.1, 0.15) is 22.8 Å². The van der Waals surface area contributed by atoms with Crippen molar-refractivity contribution in [3.05, 3.63) is 23.4 Å². The van der Waals surface area contributed by atoms with Gasteiger partial charge in [-0.25, -0.2) is 9.78 Å². The van der Waals surface area contributed by atoms with Gasteiger partial charge in [-0.15, -0.1) is 0 Å². The molecule has 0 fully saturated rings. The van der Waals surface area contributed by atoms with Crippen LogP contribution in [0, 0.1) is 0 Å². The molecule has 0 aliphatic heterocycles. The molecule has 0 bridgehead atoms. The number of carbonyl (C=O) groups excluding carboxylic acids is 1. The summed E-state index contributed by atoms with van der Waals surface area (Å²) in [7, 11) is 1.21. The molecule has 17 heavy (non-hydrogen) atoms. The number of hydrogen-bond donors (Lipinski definition) is 0. The highest BCUT2D eigenvalue weighted by Crippen LogP contribution is 2.31.